The van der Waals surface area contributed by atoms with Gasteiger partial charge in [-0.2, -0.15) is 5.10 Å². The molecule has 6 nitrogen and oxygen atoms in total. The van der Waals surface area contributed by atoms with Gasteiger partial charge in [-0.1, -0.05) is 32.9 Å². The maximum absolute atomic E-state index is 12.1. The number of benzene rings is 1. The van der Waals surface area contributed by atoms with Crippen LogP contribution in [0.2, 0.25) is 0 Å². The first-order chi connectivity index (χ1) is 10.5. The molecule has 0 saturated heterocycles. The summed E-state index contributed by atoms with van der Waals surface area (Å²) in [6.07, 6.45) is 0.775. The van der Waals surface area contributed by atoms with E-state index in [1.807, 2.05) is 26.8 Å². The first kappa shape index (κ1) is 16.0. The third kappa shape index (κ3) is 3.63. The number of ether oxygens (including phenoxy) is 1. The fourth-order valence-electron chi connectivity index (χ4n) is 2.26. The second kappa shape index (κ2) is 7.06. The van der Waals surface area contributed by atoms with Crippen LogP contribution >= 0.6 is 0 Å². The minimum atomic E-state index is -0.323. The number of carbonyl (C=O) groups excluding carboxylic acids is 2. The van der Waals surface area contributed by atoms with Crippen molar-refractivity contribution in [3.63, 3.8) is 0 Å². The Kier molecular flexibility index (Phi) is 5.14. The molecule has 1 heterocycles. The standard InChI is InChI=1S/C16H21N3O3/c1-4-12(11(2)3)17-18-15(20)9-19-13-7-5-6-8-14(13)22-10-16(19)21/h5-8,11H,4,9-10H2,1-3H3,(H,18,20)/b17-12-. The molecule has 0 radical (unpaired) electrons. The summed E-state index contributed by atoms with van der Waals surface area (Å²) in [6, 6.07) is 7.17. The van der Waals surface area contributed by atoms with Crippen molar-refractivity contribution in [2.24, 2.45) is 11.0 Å². The van der Waals surface area contributed by atoms with Crippen LogP contribution in [0.1, 0.15) is 27.2 Å². The lowest BCUT2D eigenvalue weighted by atomic mass is 10.1. The van der Waals surface area contributed by atoms with Gasteiger partial charge in [0, 0.05) is 5.71 Å². The number of amides is 2. The summed E-state index contributed by atoms with van der Waals surface area (Å²) in [4.78, 5) is 25.5. The van der Waals surface area contributed by atoms with E-state index in [0.717, 1.165) is 12.1 Å². The smallest absolute Gasteiger partial charge is 0.265 e. The van der Waals surface area contributed by atoms with Crippen LogP contribution in [0, 0.1) is 5.92 Å². The van der Waals surface area contributed by atoms with Gasteiger partial charge in [-0.05, 0) is 24.5 Å². The van der Waals surface area contributed by atoms with Crippen molar-refractivity contribution in [3.05, 3.63) is 24.3 Å². The molecule has 0 unspecified atom stereocenters. The van der Waals surface area contributed by atoms with Crippen molar-refractivity contribution in [1.82, 2.24) is 5.43 Å². The Labute approximate surface area is 130 Å². The van der Waals surface area contributed by atoms with Crippen LogP contribution in [0.5, 0.6) is 5.75 Å². The molecule has 1 aliphatic heterocycles. The van der Waals surface area contributed by atoms with Gasteiger partial charge in [-0.15, -0.1) is 0 Å². The second-order valence-electron chi connectivity index (χ2n) is 5.38. The van der Waals surface area contributed by atoms with Gasteiger partial charge < -0.3 is 4.74 Å². The number of anilines is 1. The van der Waals surface area contributed by atoms with E-state index in [1.165, 1.54) is 4.90 Å². The third-order valence-electron chi connectivity index (χ3n) is 3.46. The Bertz CT molecular complexity index is 596. The quantitative estimate of drug-likeness (QED) is 0.667. The van der Waals surface area contributed by atoms with Gasteiger partial charge in [0.2, 0.25) is 0 Å². The first-order valence-electron chi connectivity index (χ1n) is 7.40. The fourth-order valence-corrected chi connectivity index (χ4v) is 2.26. The highest BCUT2D eigenvalue weighted by Gasteiger charge is 2.26. The van der Waals surface area contributed by atoms with Crippen molar-refractivity contribution in [3.8, 4) is 5.75 Å². The molecule has 2 amide bonds. The Hall–Kier alpha value is -2.37. The number of nitrogens with one attached hydrogen (secondary N) is 1. The Morgan fingerprint density at radius 1 is 1.41 bits per heavy atom. The van der Waals surface area contributed by atoms with Crippen LogP contribution in [-0.2, 0) is 9.59 Å². The van der Waals surface area contributed by atoms with Gasteiger partial charge in [-0.25, -0.2) is 5.43 Å². The van der Waals surface area contributed by atoms with E-state index in [9.17, 15) is 9.59 Å². The van der Waals surface area contributed by atoms with Crippen molar-refractivity contribution in [1.29, 1.82) is 0 Å². The number of fused-ring (bicyclic) bond motifs is 1. The lowest BCUT2D eigenvalue weighted by molar-refractivity contribution is -0.125. The predicted octanol–water partition coefficient (Wildman–Crippen LogP) is 1.95. The maximum atomic E-state index is 12.1. The summed E-state index contributed by atoms with van der Waals surface area (Å²) in [5.41, 5.74) is 4.06. The largest absolute Gasteiger partial charge is 0.482 e. The minimum Gasteiger partial charge on any atom is -0.482 e. The summed E-state index contributed by atoms with van der Waals surface area (Å²) in [5, 5.41) is 4.14. The summed E-state index contributed by atoms with van der Waals surface area (Å²) in [5.74, 6) is 0.319. The molecule has 0 atom stereocenters. The number of para-hydroxylation sites is 2. The highest BCUT2D eigenvalue weighted by molar-refractivity contribution is 6.02. The third-order valence-corrected chi connectivity index (χ3v) is 3.46. The van der Waals surface area contributed by atoms with E-state index in [1.54, 1.807) is 18.2 Å². The zero-order valence-electron chi connectivity index (χ0n) is 13.1. The molecule has 118 valence electrons. The van der Waals surface area contributed by atoms with Gasteiger partial charge in [0.25, 0.3) is 11.8 Å². The molecule has 0 aromatic heterocycles. The molecular formula is C16H21N3O3. The SMILES string of the molecule is CC/C(=N/NC(=O)CN1C(=O)COc2ccccc21)C(C)C. The van der Waals surface area contributed by atoms with Crippen molar-refractivity contribution in [2.45, 2.75) is 27.2 Å². The molecule has 2 rings (SSSR count). The molecule has 22 heavy (non-hydrogen) atoms. The first-order valence-corrected chi connectivity index (χ1v) is 7.40. The number of rotatable bonds is 5. The average Bonchev–Trinajstić information content (AvgIpc) is 2.50. The van der Waals surface area contributed by atoms with Crippen LogP contribution in [-0.4, -0.2) is 30.7 Å². The van der Waals surface area contributed by atoms with E-state index in [0.29, 0.717) is 11.4 Å². The van der Waals surface area contributed by atoms with Crippen LogP contribution in [0.4, 0.5) is 5.69 Å². The lowest BCUT2D eigenvalue weighted by Gasteiger charge is -2.28. The predicted molar refractivity (Wildman–Crippen MR) is 85.0 cm³/mol. The summed E-state index contributed by atoms with van der Waals surface area (Å²) in [6.45, 7) is 5.91. The molecule has 0 saturated carbocycles. The zero-order chi connectivity index (χ0) is 16.1. The van der Waals surface area contributed by atoms with E-state index in [-0.39, 0.29) is 30.9 Å². The van der Waals surface area contributed by atoms with Gasteiger partial charge in [-0.3, -0.25) is 14.5 Å². The van der Waals surface area contributed by atoms with Crippen molar-refractivity contribution in [2.75, 3.05) is 18.1 Å². The molecule has 1 N–H and O–H groups in total. The van der Waals surface area contributed by atoms with Crippen molar-refractivity contribution >= 4 is 23.2 Å². The average molecular weight is 303 g/mol. The monoisotopic (exact) mass is 303 g/mol. The Morgan fingerprint density at radius 3 is 2.82 bits per heavy atom. The molecular weight excluding hydrogens is 282 g/mol. The molecule has 0 bridgehead atoms. The number of hydrogen-bond donors (Lipinski definition) is 1. The highest BCUT2D eigenvalue weighted by Crippen LogP contribution is 2.31. The molecule has 0 spiro atoms. The van der Waals surface area contributed by atoms with Crippen LogP contribution in [0.3, 0.4) is 0 Å². The van der Waals surface area contributed by atoms with E-state index in [2.05, 4.69) is 10.5 Å². The number of carbonyl (C=O) groups is 2. The van der Waals surface area contributed by atoms with E-state index < -0.39 is 0 Å². The lowest BCUT2D eigenvalue weighted by Crippen LogP contribution is -2.44. The van der Waals surface area contributed by atoms with Gasteiger partial charge in [0.1, 0.15) is 12.3 Å². The van der Waals surface area contributed by atoms with E-state index in [4.69, 9.17) is 4.74 Å². The summed E-state index contributed by atoms with van der Waals surface area (Å²) in [7, 11) is 0. The highest BCUT2D eigenvalue weighted by atomic mass is 16.5. The molecule has 6 heteroatoms. The number of hydrogen-bond acceptors (Lipinski definition) is 4. The normalized spacial score (nSPS) is 14.6. The number of nitrogens with zero attached hydrogens (tertiary/aromatic N) is 2. The molecule has 1 aromatic carbocycles. The Balaban J connectivity index is 2.07. The summed E-state index contributed by atoms with van der Waals surface area (Å²) < 4.78 is 5.34. The van der Waals surface area contributed by atoms with Gasteiger partial charge in [0.05, 0.1) is 5.69 Å². The van der Waals surface area contributed by atoms with Gasteiger partial charge >= 0.3 is 0 Å². The second-order valence-corrected chi connectivity index (χ2v) is 5.38. The number of hydrazone groups is 1. The van der Waals surface area contributed by atoms with Crippen LogP contribution in [0.15, 0.2) is 29.4 Å². The van der Waals surface area contributed by atoms with Crippen LogP contribution in [0.25, 0.3) is 0 Å². The van der Waals surface area contributed by atoms with Crippen LogP contribution < -0.4 is 15.1 Å². The van der Waals surface area contributed by atoms with Gasteiger partial charge in [0.15, 0.2) is 6.61 Å². The summed E-state index contributed by atoms with van der Waals surface area (Å²) >= 11 is 0. The molecule has 1 aromatic rings. The maximum Gasteiger partial charge on any atom is 0.265 e. The molecule has 0 aliphatic carbocycles. The Morgan fingerprint density at radius 2 is 2.14 bits per heavy atom. The minimum absolute atomic E-state index is 0.0558. The van der Waals surface area contributed by atoms with E-state index >= 15 is 0 Å². The fraction of sp³-hybridized carbons (Fsp3) is 0.438. The van der Waals surface area contributed by atoms with Crippen molar-refractivity contribution < 1.29 is 14.3 Å². The molecule has 0 fully saturated rings. The molecule has 1 aliphatic rings. The zero-order valence-corrected chi connectivity index (χ0v) is 13.1. The topological polar surface area (TPSA) is 71.0 Å².